The third-order valence-electron chi connectivity index (χ3n) is 6.15. The Balaban J connectivity index is 1.52. The monoisotopic (exact) mass is 544 g/mol. The summed E-state index contributed by atoms with van der Waals surface area (Å²) in [6, 6.07) is 27.1. The molecule has 0 fully saturated rings. The molecule has 0 aliphatic carbocycles. The number of rotatable bonds is 8. The lowest BCUT2D eigenvalue weighted by molar-refractivity contribution is -0.385. The second kappa shape index (κ2) is 10.8. The van der Waals surface area contributed by atoms with Gasteiger partial charge in [-0.15, -0.1) is 0 Å². The van der Waals surface area contributed by atoms with Crippen molar-refractivity contribution in [1.82, 2.24) is 0 Å². The zero-order chi connectivity index (χ0) is 27.4. The first-order valence-corrected chi connectivity index (χ1v) is 13.4. The largest absolute Gasteiger partial charge is 0.495 e. The van der Waals surface area contributed by atoms with Crippen molar-refractivity contribution in [2.24, 2.45) is 5.10 Å². The van der Waals surface area contributed by atoms with Gasteiger partial charge in [-0.1, -0.05) is 54.6 Å². The molecule has 0 aromatic heterocycles. The summed E-state index contributed by atoms with van der Waals surface area (Å²) in [5.41, 5.74) is 5.09. The first-order chi connectivity index (χ1) is 18.9. The molecule has 1 atom stereocenters. The van der Waals surface area contributed by atoms with Crippen molar-refractivity contribution in [2.75, 3.05) is 17.3 Å². The molecular weight excluding hydrogens is 520 g/mol. The predicted octanol–water partition coefficient (Wildman–Crippen LogP) is 5.74. The summed E-state index contributed by atoms with van der Waals surface area (Å²) in [6.45, 7) is 0. The summed E-state index contributed by atoms with van der Waals surface area (Å²) in [7, 11) is -2.88. The minimum Gasteiger partial charge on any atom is -0.495 e. The van der Waals surface area contributed by atoms with Crippen molar-refractivity contribution in [1.29, 1.82) is 0 Å². The molecule has 5 rings (SSSR count). The van der Waals surface area contributed by atoms with Crippen molar-refractivity contribution in [2.45, 2.75) is 17.4 Å². The molecule has 4 aromatic carbocycles. The highest BCUT2D eigenvalue weighted by Crippen LogP contribution is 2.36. The molecule has 0 saturated heterocycles. The van der Waals surface area contributed by atoms with Gasteiger partial charge in [-0.3, -0.25) is 20.3 Å². The number of para-hydroxylation sites is 3. The third-order valence-corrected chi connectivity index (χ3v) is 7.55. The number of nitrogens with one attached hydrogen (secondary N) is 2. The molecule has 1 aliphatic heterocycles. The lowest BCUT2D eigenvalue weighted by Gasteiger charge is -2.27. The topological polar surface area (TPSA) is 132 Å². The average molecular weight is 545 g/mol. The molecule has 0 saturated carbocycles. The molecule has 10 nitrogen and oxygen atoms in total. The van der Waals surface area contributed by atoms with Gasteiger partial charge in [0.1, 0.15) is 22.5 Å². The smallest absolute Gasteiger partial charge is 0.270 e. The Kier molecular flexibility index (Phi) is 7.15. The van der Waals surface area contributed by atoms with Crippen LogP contribution in [0.5, 0.6) is 11.5 Å². The molecule has 1 aliphatic rings. The van der Waals surface area contributed by atoms with E-state index in [-0.39, 0.29) is 28.1 Å². The van der Waals surface area contributed by atoms with Crippen LogP contribution in [0.2, 0.25) is 0 Å². The number of sulfonamides is 1. The van der Waals surface area contributed by atoms with Gasteiger partial charge in [0.05, 0.1) is 29.1 Å². The van der Waals surface area contributed by atoms with Gasteiger partial charge in [-0.2, -0.15) is 5.10 Å². The number of non-ortho nitro benzene ring substituents is 1. The van der Waals surface area contributed by atoms with Crippen LogP contribution in [0.15, 0.2) is 107 Å². The van der Waals surface area contributed by atoms with E-state index in [4.69, 9.17) is 9.47 Å². The summed E-state index contributed by atoms with van der Waals surface area (Å²) in [4.78, 5) is 10.5. The Bertz CT molecular complexity index is 1660. The Morgan fingerprint density at radius 1 is 0.949 bits per heavy atom. The number of hydrazone groups is 1. The van der Waals surface area contributed by atoms with E-state index in [1.54, 1.807) is 18.2 Å². The van der Waals surface area contributed by atoms with Crippen LogP contribution in [-0.4, -0.2) is 26.2 Å². The number of ether oxygens (including phenoxy) is 2. The molecule has 2 N–H and O–H groups in total. The van der Waals surface area contributed by atoms with Crippen molar-refractivity contribution in [3.8, 4) is 11.5 Å². The van der Waals surface area contributed by atoms with Crippen LogP contribution in [0.3, 0.4) is 0 Å². The number of benzene rings is 4. The molecule has 11 heteroatoms. The van der Waals surface area contributed by atoms with E-state index < -0.39 is 14.9 Å². The maximum absolute atomic E-state index is 13.5. The fourth-order valence-electron chi connectivity index (χ4n) is 4.24. The Morgan fingerprint density at radius 3 is 2.44 bits per heavy atom. The normalized spacial score (nSPS) is 15.6. The number of hydrogen-bond donors (Lipinski definition) is 2. The number of anilines is 2. The molecule has 1 heterocycles. The first kappa shape index (κ1) is 25.7. The highest BCUT2D eigenvalue weighted by atomic mass is 32.2. The molecular formula is C28H24N4O6S. The van der Waals surface area contributed by atoms with Crippen LogP contribution in [0.25, 0.3) is 0 Å². The standard InChI is InChI=1S/C28H24N4O6S/c1-37-26-14-8-6-12-22(26)31-39(35,36)28-17-20(32(33)34)15-16-23(28)29-30-24-18-27(19-9-3-2-4-10-19)38-25-13-7-5-11-21(24)25/h2-17,27,29,31H,18H2,1H3/b30-24+. The number of hydrogen-bond acceptors (Lipinski definition) is 8. The van der Waals surface area contributed by atoms with Crippen LogP contribution in [0.4, 0.5) is 17.1 Å². The summed E-state index contributed by atoms with van der Waals surface area (Å²) < 4.78 is 40.8. The minimum atomic E-state index is -4.29. The molecule has 39 heavy (non-hydrogen) atoms. The van der Waals surface area contributed by atoms with E-state index in [0.717, 1.165) is 17.2 Å². The summed E-state index contributed by atoms with van der Waals surface area (Å²) in [6.07, 6.45) is 0.122. The SMILES string of the molecule is COc1ccccc1NS(=O)(=O)c1cc([N+](=O)[O-])ccc1N/N=C1\CC(c2ccccc2)Oc2ccccc21. The fourth-order valence-corrected chi connectivity index (χ4v) is 5.49. The number of nitro groups is 1. The fraction of sp³-hybridized carbons (Fsp3) is 0.107. The average Bonchev–Trinajstić information content (AvgIpc) is 2.96. The molecule has 0 spiro atoms. The Labute approximate surface area is 225 Å². The van der Waals surface area contributed by atoms with Crippen LogP contribution in [0.1, 0.15) is 23.7 Å². The lowest BCUT2D eigenvalue weighted by Crippen LogP contribution is -2.22. The van der Waals surface area contributed by atoms with E-state index in [2.05, 4.69) is 15.2 Å². The summed E-state index contributed by atoms with van der Waals surface area (Å²) in [5, 5.41) is 16.0. The van der Waals surface area contributed by atoms with Gasteiger partial charge in [0, 0.05) is 24.1 Å². The van der Waals surface area contributed by atoms with Crippen LogP contribution in [0, 0.1) is 10.1 Å². The second-order valence-corrected chi connectivity index (χ2v) is 10.3. The van der Waals surface area contributed by atoms with E-state index >= 15 is 0 Å². The van der Waals surface area contributed by atoms with Crippen LogP contribution < -0.4 is 19.6 Å². The van der Waals surface area contributed by atoms with Crippen molar-refractivity contribution in [3.63, 3.8) is 0 Å². The van der Waals surface area contributed by atoms with Crippen molar-refractivity contribution in [3.05, 3.63) is 118 Å². The highest BCUT2D eigenvalue weighted by molar-refractivity contribution is 7.93. The second-order valence-electron chi connectivity index (χ2n) is 8.63. The number of nitro benzene ring substituents is 1. The molecule has 198 valence electrons. The maximum atomic E-state index is 13.5. The van der Waals surface area contributed by atoms with Gasteiger partial charge in [0.25, 0.3) is 15.7 Å². The van der Waals surface area contributed by atoms with Gasteiger partial charge < -0.3 is 9.47 Å². The number of nitrogens with zero attached hydrogens (tertiary/aromatic N) is 2. The maximum Gasteiger partial charge on any atom is 0.270 e. The lowest BCUT2D eigenvalue weighted by atomic mass is 9.96. The van der Waals surface area contributed by atoms with Crippen molar-refractivity contribution >= 4 is 32.8 Å². The van der Waals surface area contributed by atoms with E-state index in [9.17, 15) is 18.5 Å². The van der Waals surface area contributed by atoms with Gasteiger partial charge in [-0.25, -0.2) is 8.42 Å². The summed E-state index contributed by atoms with van der Waals surface area (Å²) in [5.74, 6) is 0.944. The van der Waals surface area contributed by atoms with Crippen molar-refractivity contribution < 1.29 is 22.8 Å². The van der Waals surface area contributed by atoms with E-state index in [1.807, 2.05) is 54.6 Å². The van der Waals surface area contributed by atoms with Crippen LogP contribution >= 0.6 is 0 Å². The summed E-state index contributed by atoms with van der Waals surface area (Å²) >= 11 is 0. The Morgan fingerprint density at radius 2 is 1.67 bits per heavy atom. The number of fused-ring (bicyclic) bond motifs is 1. The van der Waals surface area contributed by atoms with Gasteiger partial charge >= 0.3 is 0 Å². The van der Waals surface area contributed by atoms with Gasteiger partial charge in [0.15, 0.2) is 0 Å². The first-order valence-electron chi connectivity index (χ1n) is 11.9. The molecule has 0 bridgehead atoms. The molecule has 0 radical (unpaired) electrons. The molecule has 1 unspecified atom stereocenters. The number of methoxy groups -OCH3 is 1. The van der Waals surface area contributed by atoms with Crippen LogP contribution in [-0.2, 0) is 10.0 Å². The zero-order valence-corrected chi connectivity index (χ0v) is 21.6. The van der Waals surface area contributed by atoms with Gasteiger partial charge in [0.2, 0.25) is 0 Å². The zero-order valence-electron chi connectivity index (χ0n) is 20.8. The Hall–Kier alpha value is -4.90. The van der Waals surface area contributed by atoms with E-state index in [1.165, 1.54) is 25.3 Å². The third kappa shape index (κ3) is 5.53. The molecule has 4 aromatic rings. The predicted molar refractivity (Wildman–Crippen MR) is 148 cm³/mol. The highest BCUT2D eigenvalue weighted by Gasteiger charge is 2.27. The van der Waals surface area contributed by atoms with Gasteiger partial charge in [-0.05, 0) is 35.9 Å². The minimum absolute atomic E-state index is 0.0655. The van der Waals surface area contributed by atoms with E-state index in [0.29, 0.717) is 23.6 Å². The molecule has 0 amide bonds. The quantitative estimate of drug-likeness (QED) is 0.213.